The second kappa shape index (κ2) is 7.94. The molecule has 3 aromatic carbocycles. The molecule has 2 aromatic heterocycles. The van der Waals surface area contributed by atoms with Crippen LogP contribution < -0.4 is 18.6 Å². The molecule has 0 aliphatic heterocycles. The van der Waals surface area contributed by atoms with Crippen molar-refractivity contribution in [3.63, 3.8) is 0 Å². The first kappa shape index (κ1) is 20.5. The number of hydrogen-bond donors (Lipinski definition) is 0. The molecule has 5 aromatic rings. The molecular formula is C26H21N2O5+. The van der Waals surface area contributed by atoms with Gasteiger partial charge in [-0.1, -0.05) is 0 Å². The normalized spacial score (nSPS) is 11.1. The molecule has 0 fully saturated rings. The lowest BCUT2D eigenvalue weighted by molar-refractivity contribution is -0.509. The number of nitro benzene ring substituents is 1. The molecule has 0 unspecified atom stereocenters. The average Bonchev–Trinajstić information content (AvgIpc) is 2.85. The first-order chi connectivity index (χ1) is 16.0. The highest BCUT2D eigenvalue weighted by Crippen LogP contribution is 2.37. The van der Waals surface area contributed by atoms with E-state index < -0.39 is 4.92 Å². The van der Waals surface area contributed by atoms with Crippen molar-refractivity contribution in [3.05, 3.63) is 83.2 Å². The minimum absolute atomic E-state index is 0.0513. The van der Waals surface area contributed by atoms with Crippen LogP contribution in [0.1, 0.15) is 0 Å². The van der Waals surface area contributed by atoms with Gasteiger partial charge in [-0.15, -0.1) is 0 Å². The van der Waals surface area contributed by atoms with Crippen molar-refractivity contribution in [2.45, 2.75) is 0 Å². The number of ether oxygens (including phenoxy) is 3. The lowest BCUT2D eigenvalue weighted by Crippen LogP contribution is -2.20. The van der Waals surface area contributed by atoms with Gasteiger partial charge in [-0.3, -0.25) is 10.1 Å². The lowest BCUT2D eigenvalue weighted by Gasteiger charge is -2.11. The average molecular weight is 441 g/mol. The topological polar surface area (TPSA) is 74.9 Å². The van der Waals surface area contributed by atoms with Crippen LogP contribution in [0.15, 0.2) is 73.1 Å². The van der Waals surface area contributed by atoms with E-state index in [4.69, 9.17) is 14.2 Å². The minimum Gasteiger partial charge on any atom is -0.496 e. The van der Waals surface area contributed by atoms with Crippen molar-refractivity contribution >= 4 is 32.7 Å². The molecule has 0 aliphatic carbocycles. The molecule has 164 valence electrons. The fourth-order valence-corrected chi connectivity index (χ4v) is 4.20. The molecule has 0 radical (unpaired) electrons. The Bertz CT molecular complexity index is 1540. The van der Waals surface area contributed by atoms with Crippen LogP contribution in [-0.4, -0.2) is 26.3 Å². The standard InChI is InChI=1S/C26H21N2O5/c1-31-24-11-17-8-9-27-15-19-13-26(33-3)25(32-2)12-18(19)10-23(27)21(17)14-22(24)16-4-6-20(7-5-16)28(29)30/h4-15H,1-3H3/q+1. The fourth-order valence-electron chi connectivity index (χ4n) is 4.20. The summed E-state index contributed by atoms with van der Waals surface area (Å²) in [5.74, 6) is 2.05. The zero-order valence-corrected chi connectivity index (χ0v) is 18.4. The van der Waals surface area contributed by atoms with Gasteiger partial charge in [-0.05, 0) is 52.7 Å². The summed E-state index contributed by atoms with van der Waals surface area (Å²) < 4.78 is 18.7. The highest BCUT2D eigenvalue weighted by molar-refractivity contribution is 6.01. The van der Waals surface area contributed by atoms with E-state index in [1.165, 1.54) is 12.1 Å². The molecule has 0 bridgehead atoms. The van der Waals surface area contributed by atoms with Crippen molar-refractivity contribution in [2.24, 2.45) is 0 Å². The van der Waals surface area contributed by atoms with E-state index in [1.807, 2.05) is 30.5 Å². The number of nitrogens with zero attached hydrogens (tertiary/aromatic N) is 2. The van der Waals surface area contributed by atoms with Gasteiger partial charge < -0.3 is 14.2 Å². The van der Waals surface area contributed by atoms with Gasteiger partial charge in [-0.25, -0.2) is 0 Å². The van der Waals surface area contributed by atoms with Crippen molar-refractivity contribution < 1.29 is 23.5 Å². The number of fused-ring (bicyclic) bond motifs is 4. The van der Waals surface area contributed by atoms with Gasteiger partial charge in [0.25, 0.3) is 5.69 Å². The van der Waals surface area contributed by atoms with Crippen LogP contribution in [0.3, 0.4) is 0 Å². The van der Waals surface area contributed by atoms with Gasteiger partial charge in [0.15, 0.2) is 23.9 Å². The van der Waals surface area contributed by atoms with Gasteiger partial charge in [0.1, 0.15) is 5.75 Å². The maximum absolute atomic E-state index is 11.0. The number of hydrogen-bond acceptors (Lipinski definition) is 5. The van der Waals surface area contributed by atoms with Gasteiger partial charge in [-0.2, -0.15) is 4.40 Å². The Balaban J connectivity index is 1.77. The predicted octanol–water partition coefficient (Wildman–Crippen LogP) is 5.33. The van der Waals surface area contributed by atoms with Crippen molar-refractivity contribution in [1.82, 2.24) is 0 Å². The molecule has 0 atom stereocenters. The van der Waals surface area contributed by atoms with Crippen LogP contribution >= 0.6 is 0 Å². The molecule has 7 nitrogen and oxygen atoms in total. The highest BCUT2D eigenvalue weighted by atomic mass is 16.6. The van der Waals surface area contributed by atoms with Crippen LogP contribution in [0.25, 0.3) is 38.2 Å². The first-order valence-electron chi connectivity index (χ1n) is 10.3. The van der Waals surface area contributed by atoms with Crippen molar-refractivity contribution in [1.29, 1.82) is 0 Å². The summed E-state index contributed by atoms with van der Waals surface area (Å²) in [6.07, 6.45) is 4.07. The second-order valence-electron chi connectivity index (χ2n) is 7.66. The molecule has 5 rings (SSSR count). The van der Waals surface area contributed by atoms with Crippen molar-refractivity contribution in [2.75, 3.05) is 21.3 Å². The van der Waals surface area contributed by atoms with Crippen LogP contribution in [0.4, 0.5) is 5.69 Å². The largest absolute Gasteiger partial charge is 0.496 e. The molecule has 0 N–H and O–H groups in total. The summed E-state index contributed by atoms with van der Waals surface area (Å²) in [5, 5.41) is 15.1. The van der Waals surface area contributed by atoms with Gasteiger partial charge in [0, 0.05) is 29.8 Å². The molecule has 0 aliphatic rings. The number of rotatable bonds is 5. The van der Waals surface area contributed by atoms with Crippen LogP contribution in [-0.2, 0) is 0 Å². The zero-order valence-electron chi connectivity index (χ0n) is 18.4. The predicted molar refractivity (Wildman–Crippen MR) is 126 cm³/mol. The smallest absolute Gasteiger partial charge is 0.269 e. The lowest BCUT2D eigenvalue weighted by atomic mass is 9.99. The van der Waals surface area contributed by atoms with Crippen molar-refractivity contribution in [3.8, 4) is 28.4 Å². The van der Waals surface area contributed by atoms with Gasteiger partial charge in [0.2, 0.25) is 5.52 Å². The number of benzene rings is 3. The van der Waals surface area contributed by atoms with E-state index in [-0.39, 0.29) is 5.69 Å². The van der Waals surface area contributed by atoms with Crippen LogP contribution in [0.5, 0.6) is 17.2 Å². The van der Waals surface area contributed by atoms with Crippen LogP contribution in [0, 0.1) is 10.1 Å². The fraction of sp³-hybridized carbons (Fsp3) is 0.115. The Morgan fingerprint density at radius 1 is 0.758 bits per heavy atom. The maximum atomic E-state index is 11.0. The maximum Gasteiger partial charge on any atom is 0.269 e. The number of nitro groups is 1. The molecular weight excluding hydrogens is 420 g/mol. The third kappa shape index (κ3) is 3.43. The number of methoxy groups -OCH3 is 3. The first-order valence-corrected chi connectivity index (χ1v) is 10.3. The van der Waals surface area contributed by atoms with E-state index in [0.29, 0.717) is 17.2 Å². The third-order valence-corrected chi connectivity index (χ3v) is 5.89. The molecule has 0 saturated heterocycles. The van der Waals surface area contributed by atoms with Gasteiger partial charge in [0.05, 0.1) is 37.0 Å². The summed E-state index contributed by atoms with van der Waals surface area (Å²) in [4.78, 5) is 10.6. The number of non-ortho nitro benzene ring substituents is 1. The summed E-state index contributed by atoms with van der Waals surface area (Å²) in [7, 11) is 4.87. The quantitative estimate of drug-likeness (QED) is 0.121. The SMILES string of the molecule is COc1cc2cc3c4cc(-c5ccc([N+](=O)[O-])cc5)c(OC)cc4cc[n+]3cc2cc1OC. The summed E-state index contributed by atoms with van der Waals surface area (Å²) >= 11 is 0. The Morgan fingerprint density at radius 3 is 2.03 bits per heavy atom. The van der Waals surface area contributed by atoms with E-state index in [2.05, 4.69) is 22.7 Å². The molecule has 0 saturated carbocycles. The van der Waals surface area contributed by atoms with Crippen LogP contribution in [0.2, 0.25) is 0 Å². The molecule has 7 heteroatoms. The molecule has 2 heterocycles. The number of aromatic nitrogens is 1. The molecule has 33 heavy (non-hydrogen) atoms. The summed E-state index contributed by atoms with van der Waals surface area (Å²) in [5.41, 5.74) is 2.77. The highest BCUT2D eigenvalue weighted by Gasteiger charge is 2.17. The Kier molecular flexibility index (Phi) is 4.94. The number of pyridine rings is 2. The Hall–Kier alpha value is -4.39. The molecule has 0 amide bonds. The van der Waals surface area contributed by atoms with E-state index in [1.54, 1.807) is 33.5 Å². The van der Waals surface area contributed by atoms with E-state index in [9.17, 15) is 10.1 Å². The second-order valence-corrected chi connectivity index (χ2v) is 7.66. The monoisotopic (exact) mass is 441 g/mol. The Labute approximate surface area is 189 Å². The summed E-state index contributed by atoms with van der Waals surface area (Å²) in [6.45, 7) is 0. The van der Waals surface area contributed by atoms with E-state index in [0.717, 1.165) is 38.2 Å². The Morgan fingerprint density at radius 2 is 1.39 bits per heavy atom. The van der Waals surface area contributed by atoms with E-state index >= 15 is 0 Å². The van der Waals surface area contributed by atoms with Gasteiger partial charge >= 0.3 is 0 Å². The minimum atomic E-state index is -0.403. The third-order valence-electron chi connectivity index (χ3n) is 5.89. The zero-order chi connectivity index (χ0) is 23.1. The summed E-state index contributed by atoms with van der Waals surface area (Å²) in [6, 6.07) is 18.6. The molecule has 0 spiro atoms.